The first-order valence-electron chi connectivity index (χ1n) is 20.6. The van der Waals surface area contributed by atoms with Gasteiger partial charge in [0, 0.05) is 71.8 Å². The number of furan rings is 3. The van der Waals surface area contributed by atoms with Crippen LogP contribution in [0.2, 0.25) is 0 Å². The third-order valence-electron chi connectivity index (χ3n) is 12.2. The van der Waals surface area contributed by atoms with Gasteiger partial charge in [-0.15, -0.1) is 0 Å². The number of rotatable bonds is 6. The molecule has 0 amide bonds. The van der Waals surface area contributed by atoms with Gasteiger partial charge in [-0.2, -0.15) is 0 Å². The zero-order valence-corrected chi connectivity index (χ0v) is 32.7. The Labute approximate surface area is 349 Å². The number of nitrogens with zero attached hydrogens (tertiary/aromatic N) is 2. The zero-order valence-electron chi connectivity index (χ0n) is 32.7. The van der Waals surface area contributed by atoms with Crippen molar-refractivity contribution in [2.24, 2.45) is 0 Å². The molecule has 0 aliphatic carbocycles. The molecule has 3 aromatic heterocycles. The summed E-state index contributed by atoms with van der Waals surface area (Å²) in [7, 11) is 0. The molecule has 0 saturated carbocycles. The van der Waals surface area contributed by atoms with Crippen molar-refractivity contribution in [1.82, 2.24) is 0 Å². The van der Waals surface area contributed by atoms with Gasteiger partial charge in [0.2, 0.25) is 0 Å². The van der Waals surface area contributed by atoms with Crippen LogP contribution in [0.3, 0.4) is 0 Å². The molecule has 286 valence electrons. The molecule has 0 saturated heterocycles. The van der Waals surface area contributed by atoms with E-state index in [1.54, 1.807) is 0 Å². The average molecular weight is 783 g/mol. The van der Waals surface area contributed by atoms with Gasteiger partial charge in [-0.3, -0.25) is 0 Å². The first-order chi connectivity index (χ1) is 30.2. The molecule has 61 heavy (non-hydrogen) atoms. The largest absolute Gasteiger partial charge is 0.456 e. The Morgan fingerprint density at radius 2 is 0.656 bits per heavy atom. The summed E-state index contributed by atoms with van der Waals surface area (Å²) in [4.78, 5) is 4.68. The van der Waals surface area contributed by atoms with Crippen LogP contribution >= 0.6 is 0 Å². The minimum Gasteiger partial charge on any atom is -0.456 e. The Kier molecular flexibility index (Phi) is 7.24. The van der Waals surface area contributed by atoms with Crippen LogP contribution in [0, 0.1) is 0 Å². The van der Waals surface area contributed by atoms with Gasteiger partial charge in [-0.05, 0) is 119 Å². The summed E-state index contributed by atoms with van der Waals surface area (Å²) < 4.78 is 19.2. The lowest BCUT2D eigenvalue weighted by atomic mass is 9.96. The maximum Gasteiger partial charge on any atom is 0.143 e. The van der Waals surface area contributed by atoms with Crippen molar-refractivity contribution < 1.29 is 13.3 Å². The lowest BCUT2D eigenvalue weighted by Crippen LogP contribution is -2.13. The van der Waals surface area contributed by atoms with E-state index in [0.29, 0.717) is 0 Å². The highest BCUT2D eigenvalue weighted by molar-refractivity contribution is 6.30. The summed E-state index contributed by atoms with van der Waals surface area (Å²) in [6, 6.07) is 72.7. The Morgan fingerprint density at radius 3 is 1.28 bits per heavy atom. The summed E-state index contributed by atoms with van der Waals surface area (Å²) >= 11 is 0. The summed E-state index contributed by atoms with van der Waals surface area (Å²) in [5.74, 6) is 0. The van der Waals surface area contributed by atoms with Gasteiger partial charge in [-0.1, -0.05) is 103 Å². The molecule has 0 unspecified atom stereocenters. The molecule has 0 bridgehead atoms. The van der Waals surface area contributed by atoms with E-state index in [9.17, 15) is 0 Å². The fraction of sp³-hybridized carbons (Fsp3) is 0. The van der Waals surface area contributed by atoms with Crippen molar-refractivity contribution in [3.8, 4) is 0 Å². The monoisotopic (exact) mass is 782 g/mol. The maximum absolute atomic E-state index is 6.63. The summed E-state index contributed by atoms with van der Waals surface area (Å²) in [5, 5.41) is 11.2. The van der Waals surface area contributed by atoms with Crippen LogP contribution < -0.4 is 9.80 Å². The molecule has 3 heterocycles. The second-order valence-electron chi connectivity index (χ2n) is 15.7. The van der Waals surface area contributed by atoms with E-state index in [2.05, 4.69) is 186 Å². The van der Waals surface area contributed by atoms with Crippen molar-refractivity contribution in [3.05, 3.63) is 206 Å². The molecule has 0 fully saturated rings. The van der Waals surface area contributed by atoms with Crippen molar-refractivity contribution in [2.75, 3.05) is 9.80 Å². The van der Waals surface area contributed by atoms with Gasteiger partial charge >= 0.3 is 0 Å². The smallest absolute Gasteiger partial charge is 0.143 e. The van der Waals surface area contributed by atoms with Crippen molar-refractivity contribution in [1.29, 1.82) is 0 Å². The molecule has 0 atom stereocenters. The van der Waals surface area contributed by atoms with Crippen molar-refractivity contribution in [2.45, 2.75) is 0 Å². The van der Waals surface area contributed by atoms with Gasteiger partial charge in [0.25, 0.3) is 0 Å². The number of fused-ring (bicyclic) bond motifs is 14. The minimum absolute atomic E-state index is 0.855. The van der Waals surface area contributed by atoms with E-state index in [0.717, 1.165) is 111 Å². The maximum atomic E-state index is 6.63. The van der Waals surface area contributed by atoms with Crippen LogP contribution in [-0.4, -0.2) is 0 Å². The highest BCUT2D eigenvalue weighted by atomic mass is 16.3. The molecular weight excluding hydrogens is 749 g/mol. The Balaban J connectivity index is 1.03. The minimum atomic E-state index is 0.855. The van der Waals surface area contributed by atoms with Crippen LogP contribution in [0.1, 0.15) is 0 Å². The van der Waals surface area contributed by atoms with E-state index in [1.165, 1.54) is 10.8 Å². The first kappa shape index (κ1) is 33.7. The molecule has 10 aromatic carbocycles. The molecule has 5 heteroatoms. The van der Waals surface area contributed by atoms with Crippen molar-refractivity contribution in [3.63, 3.8) is 0 Å². The third-order valence-corrected chi connectivity index (χ3v) is 12.2. The van der Waals surface area contributed by atoms with E-state index in [1.807, 2.05) is 30.3 Å². The second kappa shape index (κ2) is 13.1. The number of benzene rings is 10. The van der Waals surface area contributed by atoms with Gasteiger partial charge < -0.3 is 23.1 Å². The second-order valence-corrected chi connectivity index (χ2v) is 15.7. The first-order valence-corrected chi connectivity index (χ1v) is 20.6. The molecule has 0 aliphatic heterocycles. The van der Waals surface area contributed by atoms with E-state index < -0.39 is 0 Å². The molecule has 13 rings (SSSR count). The topological polar surface area (TPSA) is 45.9 Å². The van der Waals surface area contributed by atoms with Crippen molar-refractivity contribution >= 4 is 121 Å². The fourth-order valence-corrected chi connectivity index (χ4v) is 9.48. The molecule has 0 aliphatic rings. The SMILES string of the molecule is c1ccc(N(c2cccc(N(c3ccc4oc5ccccc5c4c3)c3ccc4oc5ccccc5c4c3)c2)c2ccc3c(c2)c2ccccc2c2c4ccccc4oc32)cc1. The van der Waals surface area contributed by atoms with Gasteiger partial charge in [0.15, 0.2) is 0 Å². The quantitative estimate of drug-likeness (QED) is 0.157. The number of anilines is 6. The van der Waals surface area contributed by atoms with Crippen LogP contribution in [0.15, 0.2) is 220 Å². The van der Waals surface area contributed by atoms with Gasteiger partial charge in [0.05, 0.1) is 0 Å². The predicted octanol–water partition coefficient (Wildman–Crippen LogP) is 16.6. The lowest BCUT2D eigenvalue weighted by Gasteiger charge is -2.29. The molecule has 5 nitrogen and oxygen atoms in total. The van der Waals surface area contributed by atoms with E-state index >= 15 is 0 Å². The Hall–Kier alpha value is -8.28. The number of para-hydroxylation sites is 4. The van der Waals surface area contributed by atoms with Crippen LogP contribution in [0.4, 0.5) is 34.1 Å². The molecule has 0 radical (unpaired) electrons. The van der Waals surface area contributed by atoms with E-state index in [-0.39, 0.29) is 0 Å². The predicted molar refractivity (Wildman–Crippen MR) is 253 cm³/mol. The molecule has 13 aromatic rings. The molecular formula is C56H34N2O3. The highest BCUT2D eigenvalue weighted by Gasteiger charge is 2.22. The van der Waals surface area contributed by atoms with Crippen LogP contribution in [-0.2, 0) is 0 Å². The number of hydrogen-bond donors (Lipinski definition) is 0. The van der Waals surface area contributed by atoms with Crippen LogP contribution in [0.5, 0.6) is 0 Å². The summed E-state index contributed by atoms with van der Waals surface area (Å²) in [6.07, 6.45) is 0. The Morgan fingerprint density at radius 1 is 0.230 bits per heavy atom. The standard InChI is InChI=1S/C56H34N2O3/c1-2-13-35(14-3-1)57(38-25-28-45-47(32-38)41-17-4-5-20-44(41)55-46-21-8-11-24-52(46)61-56(45)55)36-15-12-16-37(31-36)58(39-26-29-53-48(33-39)42-18-6-9-22-50(42)59-53)40-27-30-54-49(34-40)43-19-7-10-23-51(43)60-54/h1-34H. The average Bonchev–Trinajstić information content (AvgIpc) is 4.01. The van der Waals surface area contributed by atoms with Crippen LogP contribution in [0.25, 0.3) is 87.4 Å². The highest BCUT2D eigenvalue weighted by Crippen LogP contribution is 2.46. The summed E-state index contributed by atoms with van der Waals surface area (Å²) in [5.41, 5.74) is 11.4. The van der Waals surface area contributed by atoms with E-state index in [4.69, 9.17) is 13.3 Å². The third kappa shape index (κ3) is 5.21. The van der Waals surface area contributed by atoms with Gasteiger partial charge in [0.1, 0.15) is 33.5 Å². The zero-order chi connectivity index (χ0) is 40.0. The molecule has 0 N–H and O–H groups in total. The molecule has 0 spiro atoms. The number of hydrogen-bond acceptors (Lipinski definition) is 5. The lowest BCUT2D eigenvalue weighted by molar-refractivity contribution is 0.668. The Bertz CT molecular complexity index is 3740. The van der Waals surface area contributed by atoms with Gasteiger partial charge in [-0.25, -0.2) is 0 Å². The normalized spacial score (nSPS) is 11.9. The fourth-order valence-electron chi connectivity index (χ4n) is 9.48. The summed E-state index contributed by atoms with van der Waals surface area (Å²) in [6.45, 7) is 0.